The van der Waals surface area contributed by atoms with E-state index in [0.717, 1.165) is 18.0 Å². The highest BCUT2D eigenvalue weighted by atomic mass is 19.4. The zero-order valence-corrected chi connectivity index (χ0v) is 12.7. The van der Waals surface area contributed by atoms with Crippen molar-refractivity contribution < 1.29 is 18.3 Å². The Morgan fingerprint density at radius 1 is 1.23 bits per heavy atom. The first kappa shape index (κ1) is 16.5. The number of hydrogen-bond acceptors (Lipinski definition) is 2. The summed E-state index contributed by atoms with van der Waals surface area (Å²) in [6, 6.07) is 4.80. The molecule has 0 spiro atoms. The van der Waals surface area contributed by atoms with E-state index in [-0.39, 0.29) is 18.0 Å². The number of alkyl halides is 3. The van der Waals surface area contributed by atoms with Gasteiger partial charge >= 0.3 is 6.18 Å². The van der Waals surface area contributed by atoms with Crippen LogP contribution >= 0.6 is 0 Å². The molecule has 0 saturated heterocycles. The van der Waals surface area contributed by atoms with Crippen molar-refractivity contribution in [2.24, 2.45) is 0 Å². The van der Waals surface area contributed by atoms with Crippen LogP contribution in [0.3, 0.4) is 0 Å². The molecule has 1 aromatic heterocycles. The van der Waals surface area contributed by atoms with Crippen LogP contribution in [0, 0.1) is 0 Å². The van der Waals surface area contributed by atoms with Gasteiger partial charge in [-0.05, 0) is 24.6 Å². The molecule has 0 amide bonds. The summed E-state index contributed by atoms with van der Waals surface area (Å²) in [5, 5.41) is 10.6. The zero-order chi connectivity index (χ0) is 16.5. The van der Waals surface area contributed by atoms with Crippen LogP contribution < -0.4 is 0 Å². The number of aliphatic hydroxyl groups is 1. The molecule has 1 aromatic carbocycles. The van der Waals surface area contributed by atoms with E-state index < -0.39 is 17.3 Å². The summed E-state index contributed by atoms with van der Waals surface area (Å²) in [7, 11) is 0. The van der Waals surface area contributed by atoms with E-state index in [2.05, 4.69) is 4.98 Å². The van der Waals surface area contributed by atoms with Gasteiger partial charge in [-0.3, -0.25) is 0 Å². The summed E-state index contributed by atoms with van der Waals surface area (Å²) in [4.78, 5) is 4.22. The minimum atomic E-state index is -4.43. The van der Waals surface area contributed by atoms with Crippen molar-refractivity contribution in [2.75, 3.05) is 0 Å². The number of rotatable bonds is 4. The minimum Gasteiger partial charge on any atom is -0.384 e. The van der Waals surface area contributed by atoms with Crippen molar-refractivity contribution >= 4 is 0 Å². The van der Waals surface area contributed by atoms with Gasteiger partial charge in [-0.1, -0.05) is 26.0 Å². The zero-order valence-electron chi connectivity index (χ0n) is 12.7. The van der Waals surface area contributed by atoms with E-state index in [1.807, 2.05) is 13.8 Å². The van der Waals surface area contributed by atoms with Gasteiger partial charge in [-0.2, -0.15) is 13.2 Å². The number of aromatic nitrogens is 2. The van der Waals surface area contributed by atoms with Gasteiger partial charge in [0, 0.05) is 18.3 Å². The first-order chi connectivity index (χ1) is 10.1. The normalized spacial score (nSPS) is 15.1. The Kier molecular flexibility index (Phi) is 4.33. The molecular formula is C16H19F3N2O. The summed E-state index contributed by atoms with van der Waals surface area (Å²) >= 11 is 0. The number of benzene rings is 1. The molecule has 3 nitrogen and oxygen atoms in total. The van der Waals surface area contributed by atoms with E-state index in [1.165, 1.54) is 19.1 Å². The highest BCUT2D eigenvalue weighted by Crippen LogP contribution is 2.33. The van der Waals surface area contributed by atoms with Gasteiger partial charge in [0.2, 0.25) is 0 Å². The van der Waals surface area contributed by atoms with E-state index in [9.17, 15) is 18.3 Å². The Labute approximate surface area is 127 Å². The number of hydrogen-bond donors (Lipinski definition) is 1. The predicted octanol–water partition coefficient (Wildman–Crippen LogP) is 3.93. The largest absolute Gasteiger partial charge is 0.416 e. The number of halogens is 3. The molecule has 0 aliphatic carbocycles. The standard InChI is InChI=1S/C16H19F3N2O/c1-11(2)14-20-7-8-21(14)10-15(3,22)12-5-4-6-13(9-12)16(17,18)19/h4-9,11,22H,10H2,1-3H3. The van der Waals surface area contributed by atoms with Crippen molar-refractivity contribution in [3.05, 3.63) is 53.6 Å². The van der Waals surface area contributed by atoms with Crippen LogP contribution in [0.2, 0.25) is 0 Å². The molecule has 1 unspecified atom stereocenters. The summed E-state index contributed by atoms with van der Waals surface area (Å²) in [6.45, 7) is 5.59. The third-order valence-corrected chi connectivity index (χ3v) is 3.55. The lowest BCUT2D eigenvalue weighted by atomic mass is 9.94. The molecule has 0 aliphatic heterocycles. The van der Waals surface area contributed by atoms with Crippen molar-refractivity contribution in [1.29, 1.82) is 0 Å². The molecular weight excluding hydrogens is 293 g/mol. The molecule has 1 heterocycles. The molecule has 6 heteroatoms. The van der Waals surface area contributed by atoms with Crippen LogP contribution in [0.5, 0.6) is 0 Å². The van der Waals surface area contributed by atoms with Gasteiger partial charge in [-0.25, -0.2) is 4.98 Å². The summed E-state index contributed by atoms with van der Waals surface area (Å²) < 4.78 is 40.2. The third kappa shape index (κ3) is 3.50. The van der Waals surface area contributed by atoms with Crippen LogP contribution in [0.1, 0.15) is 43.6 Å². The lowest BCUT2D eigenvalue weighted by molar-refractivity contribution is -0.137. The Morgan fingerprint density at radius 2 is 1.86 bits per heavy atom. The highest BCUT2D eigenvalue weighted by Gasteiger charge is 2.33. The SMILES string of the molecule is CC(C)c1nccn1CC(C)(O)c1cccc(C(F)(F)F)c1. The van der Waals surface area contributed by atoms with E-state index in [4.69, 9.17) is 0 Å². The van der Waals surface area contributed by atoms with Crippen LogP contribution in [-0.4, -0.2) is 14.7 Å². The molecule has 0 radical (unpaired) electrons. The summed E-state index contributed by atoms with van der Waals surface area (Å²) in [5.74, 6) is 0.944. The van der Waals surface area contributed by atoms with Gasteiger partial charge < -0.3 is 9.67 Å². The van der Waals surface area contributed by atoms with Gasteiger partial charge in [0.15, 0.2) is 0 Å². The first-order valence-corrected chi connectivity index (χ1v) is 7.02. The molecule has 120 valence electrons. The van der Waals surface area contributed by atoms with Crippen molar-refractivity contribution in [3.8, 4) is 0 Å². The van der Waals surface area contributed by atoms with Gasteiger partial charge in [0.1, 0.15) is 11.4 Å². The molecule has 0 aliphatic rings. The second-order valence-corrected chi connectivity index (χ2v) is 5.92. The van der Waals surface area contributed by atoms with Crippen LogP contribution in [-0.2, 0) is 18.3 Å². The monoisotopic (exact) mass is 312 g/mol. The molecule has 0 saturated carbocycles. The van der Waals surface area contributed by atoms with Crippen molar-refractivity contribution in [1.82, 2.24) is 9.55 Å². The maximum atomic E-state index is 12.8. The first-order valence-electron chi connectivity index (χ1n) is 7.02. The molecule has 0 bridgehead atoms. The topological polar surface area (TPSA) is 38.0 Å². The lowest BCUT2D eigenvalue weighted by Gasteiger charge is -2.26. The van der Waals surface area contributed by atoms with E-state index in [1.54, 1.807) is 17.0 Å². The van der Waals surface area contributed by atoms with Crippen molar-refractivity contribution in [3.63, 3.8) is 0 Å². The van der Waals surface area contributed by atoms with Gasteiger partial charge in [-0.15, -0.1) is 0 Å². The fourth-order valence-corrected chi connectivity index (χ4v) is 2.41. The molecule has 1 N–H and O–H groups in total. The highest BCUT2D eigenvalue weighted by molar-refractivity contribution is 5.29. The molecule has 2 aromatic rings. The van der Waals surface area contributed by atoms with Gasteiger partial charge in [0.05, 0.1) is 12.1 Å². The maximum absolute atomic E-state index is 12.8. The smallest absolute Gasteiger partial charge is 0.384 e. The van der Waals surface area contributed by atoms with E-state index in [0.29, 0.717) is 0 Å². The summed E-state index contributed by atoms with van der Waals surface area (Å²) in [5.41, 5.74) is -1.96. The van der Waals surface area contributed by atoms with E-state index >= 15 is 0 Å². The molecule has 1 atom stereocenters. The Hall–Kier alpha value is -1.82. The minimum absolute atomic E-state index is 0.141. The average Bonchev–Trinajstić information content (AvgIpc) is 2.85. The number of nitrogens with zero attached hydrogens (tertiary/aromatic N) is 2. The van der Waals surface area contributed by atoms with Crippen LogP contribution in [0.15, 0.2) is 36.7 Å². The van der Waals surface area contributed by atoms with Crippen LogP contribution in [0.4, 0.5) is 13.2 Å². The maximum Gasteiger partial charge on any atom is 0.416 e. The lowest BCUT2D eigenvalue weighted by Crippen LogP contribution is -2.29. The molecule has 22 heavy (non-hydrogen) atoms. The fourth-order valence-electron chi connectivity index (χ4n) is 2.41. The van der Waals surface area contributed by atoms with Crippen LogP contribution in [0.25, 0.3) is 0 Å². The molecule has 2 rings (SSSR count). The molecule has 0 fully saturated rings. The fraction of sp³-hybridized carbons (Fsp3) is 0.438. The Morgan fingerprint density at radius 3 is 2.45 bits per heavy atom. The number of imidazole rings is 1. The Bertz CT molecular complexity index is 645. The average molecular weight is 312 g/mol. The Balaban J connectivity index is 2.32. The second kappa shape index (κ2) is 5.76. The second-order valence-electron chi connectivity index (χ2n) is 5.92. The third-order valence-electron chi connectivity index (χ3n) is 3.55. The summed E-state index contributed by atoms with van der Waals surface area (Å²) in [6.07, 6.45) is -1.08. The van der Waals surface area contributed by atoms with Crippen molar-refractivity contribution in [2.45, 2.75) is 45.0 Å². The predicted molar refractivity (Wildman–Crippen MR) is 77.3 cm³/mol. The van der Waals surface area contributed by atoms with Gasteiger partial charge in [0.25, 0.3) is 0 Å². The quantitative estimate of drug-likeness (QED) is 0.929.